The summed E-state index contributed by atoms with van der Waals surface area (Å²) in [4.78, 5) is 41.9. The number of methoxy groups -OCH3 is 1. The SMILES string of the molecule is COC(=O)N[C@H](C(=O)N1[C@H](C2=Nc3ccc4cc5c(cc4c3C2)OCc2cc(-c3cnc(C4CCCN4)[nH]3)ccc2-5)C[C@@H]2CCC[C@@H]21)C(C)C. The zero-order valence-electron chi connectivity index (χ0n) is 28.9. The summed E-state index contributed by atoms with van der Waals surface area (Å²) < 4.78 is 11.3. The van der Waals surface area contributed by atoms with Gasteiger partial charge in [-0.15, -0.1) is 0 Å². The van der Waals surface area contributed by atoms with Crippen molar-refractivity contribution in [3.63, 3.8) is 0 Å². The second-order valence-electron chi connectivity index (χ2n) is 15.0. The lowest BCUT2D eigenvalue weighted by atomic mass is 9.90. The second-order valence-corrected chi connectivity index (χ2v) is 15.0. The van der Waals surface area contributed by atoms with Gasteiger partial charge < -0.3 is 30.0 Å². The summed E-state index contributed by atoms with van der Waals surface area (Å²) in [5, 5.41) is 8.64. The van der Waals surface area contributed by atoms with Gasteiger partial charge in [-0.05, 0) is 108 Å². The first-order chi connectivity index (χ1) is 24.4. The molecule has 5 heterocycles. The number of likely N-dealkylation sites (tertiary alicyclic amines) is 1. The summed E-state index contributed by atoms with van der Waals surface area (Å²) in [5.74, 6) is 2.25. The molecular weight excluding hydrogens is 628 g/mol. The number of amides is 2. The van der Waals surface area contributed by atoms with Crippen LogP contribution in [-0.4, -0.2) is 64.4 Å². The van der Waals surface area contributed by atoms with Crippen LogP contribution in [0.3, 0.4) is 0 Å². The van der Waals surface area contributed by atoms with E-state index in [9.17, 15) is 9.59 Å². The van der Waals surface area contributed by atoms with Gasteiger partial charge >= 0.3 is 6.09 Å². The Morgan fingerprint density at radius 2 is 1.96 bits per heavy atom. The molecule has 2 amide bonds. The Bertz CT molecular complexity index is 2040. The Labute approximate surface area is 292 Å². The molecule has 258 valence electrons. The maximum Gasteiger partial charge on any atom is 0.407 e. The predicted octanol–water partition coefficient (Wildman–Crippen LogP) is 6.99. The molecule has 1 unspecified atom stereocenters. The average Bonchev–Trinajstić information content (AvgIpc) is 3.96. The molecule has 0 bridgehead atoms. The molecule has 2 saturated heterocycles. The molecule has 3 aromatic carbocycles. The van der Waals surface area contributed by atoms with Crippen molar-refractivity contribution in [2.75, 3.05) is 13.7 Å². The van der Waals surface area contributed by atoms with Crippen LogP contribution in [0.4, 0.5) is 10.5 Å². The van der Waals surface area contributed by atoms with Crippen LogP contribution in [0.1, 0.15) is 75.4 Å². The fourth-order valence-electron chi connectivity index (χ4n) is 9.23. The number of H-pyrrole nitrogens is 1. The van der Waals surface area contributed by atoms with Crippen molar-refractivity contribution in [2.24, 2.45) is 16.8 Å². The Hall–Kier alpha value is -4.70. The topological polar surface area (TPSA) is 121 Å². The Kier molecular flexibility index (Phi) is 7.67. The highest BCUT2D eigenvalue weighted by atomic mass is 16.5. The van der Waals surface area contributed by atoms with E-state index in [4.69, 9.17) is 14.5 Å². The van der Waals surface area contributed by atoms with E-state index in [1.807, 2.05) is 20.0 Å². The van der Waals surface area contributed by atoms with E-state index in [-0.39, 0.29) is 23.9 Å². The number of carbonyl (C=O) groups is 2. The molecule has 9 rings (SSSR count). The second kappa shape index (κ2) is 12.3. The lowest BCUT2D eigenvalue weighted by Crippen LogP contribution is -2.56. The van der Waals surface area contributed by atoms with Crippen LogP contribution >= 0.6 is 0 Å². The number of nitrogens with zero attached hydrogens (tertiary/aromatic N) is 3. The van der Waals surface area contributed by atoms with E-state index >= 15 is 0 Å². The number of carbonyl (C=O) groups excluding carboxylic acids is 2. The smallest absolute Gasteiger partial charge is 0.407 e. The van der Waals surface area contributed by atoms with Crippen molar-refractivity contribution in [1.82, 2.24) is 25.5 Å². The van der Waals surface area contributed by atoms with Gasteiger partial charge in [-0.2, -0.15) is 0 Å². The summed E-state index contributed by atoms with van der Waals surface area (Å²) in [6, 6.07) is 15.1. The molecule has 1 aliphatic carbocycles. The highest BCUT2D eigenvalue weighted by Crippen LogP contribution is 2.47. The quantitative estimate of drug-likeness (QED) is 0.203. The summed E-state index contributed by atoms with van der Waals surface area (Å²) in [6.07, 6.45) is 8.50. The minimum Gasteiger partial charge on any atom is -0.488 e. The number of ether oxygens (including phenoxy) is 2. The fourth-order valence-corrected chi connectivity index (χ4v) is 9.23. The van der Waals surface area contributed by atoms with E-state index in [1.165, 1.54) is 24.7 Å². The normalized spacial score (nSPS) is 24.0. The minimum absolute atomic E-state index is 0.0311. The molecule has 4 aliphatic heterocycles. The Balaban J connectivity index is 0.995. The molecule has 0 spiro atoms. The third-order valence-electron chi connectivity index (χ3n) is 11.8. The van der Waals surface area contributed by atoms with Crippen LogP contribution in [0, 0.1) is 11.8 Å². The first kappa shape index (κ1) is 31.3. The molecule has 10 heteroatoms. The highest BCUT2D eigenvalue weighted by molar-refractivity contribution is 6.06. The van der Waals surface area contributed by atoms with Crippen molar-refractivity contribution in [1.29, 1.82) is 0 Å². The lowest BCUT2D eigenvalue weighted by Gasteiger charge is -2.34. The highest BCUT2D eigenvalue weighted by Gasteiger charge is 2.50. The van der Waals surface area contributed by atoms with Gasteiger partial charge in [0.05, 0.1) is 36.8 Å². The molecule has 1 aromatic heterocycles. The van der Waals surface area contributed by atoms with Gasteiger partial charge in [0, 0.05) is 23.7 Å². The molecule has 3 N–H and O–H groups in total. The summed E-state index contributed by atoms with van der Waals surface area (Å²) >= 11 is 0. The van der Waals surface area contributed by atoms with Gasteiger partial charge in [0.15, 0.2) is 0 Å². The molecule has 5 atom stereocenters. The third-order valence-corrected chi connectivity index (χ3v) is 11.8. The van der Waals surface area contributed by atoms with Gasteiger partial charge in [0.1, 0.15) is 24.2 Å². The Morgan fingerprint density at radius 3 is 2.78 bits per heavy atom. The van der Waals surface area contributed by atoms with Crippen LogP contribution in [0.25, 0.3) is 33.2 Å². The number of hydrogen-bond donors (Lipinski definition) is 3. The molecule has 1 saturated carbocycles. The number of hydrogen-bond acceptors (Lipinski definition) is 7. The van der Waals surface area contributed by atoms with Gasteiger partial charge in [0.25, 0.3) is 0 Å². The van der Waals surface area contributed by atoms with Gasteiger partial charge in [0.2, 0.25) is 5.91 Å². The van der Waals surface area contributed by atoms with Crippen molar-refractivity contribution in [2.45, 2.75) is 89.6 Å². The van der Waals surface area contributed by atoms with Crippen LogP contribution in [0.2, 0.25) is 0 Å². The number of rotatable bonds is 6. The van der Waals surface area contributed by atoms with Crippen LogP contribution < -0.4 is 15.4 Å². The molecule has 50 heavy (non-hydrogen) atoms. The van der Waals surface area contributed by atoms with E-state index in [0.29, 0.717) is 25.0 Å². The number of aliphatic imine (C=N–C) groups is 1. The first-order valence-corrected chi connectivity index (χ1v) is 18.2. The van der Waals surface area contributed by atoms with Gasteiger partial charge in [-0.3, -0.25) is 9.79 Å². The van der Waals surface area contributed by atoms with Crippen LogP contribution in [-0.2, 0) is 22.6 Å². The molecule has 0 radical (unpaired) electrons. The summed E-state index contributed by atoms with van der Waals surface area (Å²) in [5.41, 5.74) is 8.79. The van der Waals surface area contributed by atoms with E-state index < -0.39 is 12.1 Å². The Morgan fingerprint density at radius 1 is 1.06 bits per heavy atom. The number of fused-ring (bicyclic) bond motifs is 7. The molecule has 10 nitrogen and oxygen atoms in total. The number of imidazole rings is 1. The maximum absolute atomic E-state index is 14.2. The van der Waals surface area contributed by atoms with Crippen molar-refractivity contribution >= 4 is 34.2 Å². The fraction of sp³-hybridized carbons (Fsp3) is 0.450. The lowest BCUT2D eigenvalue weighted by molar-refractivity contribution is -0.136. The summed E-state index contributed by atoms with van der Waals surface area (Å²) in [7, 11) is 1.33. The standard InChI is InChI=1S/C40H44N6O4/c1-21(2)37(45-40(48)49-3)39(47)46-34-8-4-6-24(34)16-35(46)32-17-28-27-18-36-29(15-22(27)10-12-30(28)43-32)26-11-9-23(14-25(26)20-50-36)33-19-42-38(44-33)31-7-5-13-41-31/h9-12,14-15,18-19,21,24,31,34-35,37,41H,4-8,13,16-17,20H2,1-3H3,(H,42,44)(H,45,48)/t24-,31?,34-,35-,37-/m0/s1. The minimum atomic E-state index is -0.650. The van der Waals surface area contributed by atoms with E-state index in [1.54, 1.807) is 0 Å². The first-order valence-electron chi connectivity index (χ1n) is 18.2. The molecular formula is C40H44N6O4. The van der Waals surface area contributed by atoms with Gasteiger partial charge in [-0.25, -0.2) is 9.78 Å². The zero-order chi connectivity index (χ0) is 34.1. The number of aromatic nitrogens is 2. The van der Waals surface area contributed by atoms with E-state index in [0.717, 1.165) is 94.8 Å². The zero-order valence-corrected chi connectivity index (χ0v) is 28.9. The average molecular weight is 673 g/mol. The summed E-state index contributed by atoms with van der Waals surface area (Å²) in [6.45, 7) is 5.48. The molecule has 3 fully saturated rings. The van der Waals surface area contributed by atoms with Crippen molar-refractivity contribution in [3.05, 3.63) is 65.6 Å². The van der Waals surface area contributed by atoms with Crippen LogP contribution in [0.15, 0.2) is 53.7 Å². The van der Waals surface area contributed by atoms with Crippen molar-refractivity contribution in [3.8, 4) is 28.1 Å². The largest absolute Gasteiger partial charge is 0.488 e. The molecule has 4 aromatic rings. The number of aromatic amines is 1. The molecule has 5 aliphatic rings. The number of alkyl carbamates (subject to hydrolysis) is 1. The number of nitrogens with one attached hydrogen (secondary N) is 3. The van der Waals surface area contributed by atoms with Crippen LogP contribution in [0.5, 0.6) is 5.75 Å². The third kappa shape index (κ3) is 5.18. The monoisotopic (exact) mass is 672 g/mol. The maximum atomic E-state index is 14.2. The van der Waals surface area contributed by atoms with Crippen molar-refractivity contribution < 1.29 is 19.1 Å². The van der Waals surface area contributed by atoms with Gasteiger partial charge in [-0.1, -0.05) is 38.5 Å². The number of benzene rings is 3. The predicted molar refractivity (Wildman–Crippen MR) is 193 cm³/mol. The van der Waals surface area contributed by atoms with E-state index in [2.05, 4.69) is 68.0 Å².